The lowest BCUT2D eigenvalue weighted by atomic mass is 9.99. The van der Waals surface area contributed by atoms with Gasteiger partial charge in [0.05, 0.1) is 11.6 Å². The lowest BCUT2D eigenvalue weighted by Gasteiger charge is -2.41. The number of hydrogen-bond donors (Lipinski definition) is 1. The van der Waals surface area contributed by atoms with Crippen LogP contribution in [-0.2, 0) is 0 Å². The maximum absolute atomic E-state index is 10.4. The van der Waals surface area contributed by atoms with E-state index in [2.05, 4.69) is 6.07 Å². The number of ether oxygens (including phenoxy) is 1. The van der Waals surface area contributed by atoms with Gasteiger partial charge >= 0.3 is 0 Å². The second kappa shape index (κ2) is 6.45. The molecular formula is C22H18N2O2. The number of rotatable bonds is 2. The summed E-state index contributed by atoms with van der Waals surface area (Å²) in [6.45, 7) is 2.02. The molecule has 1 N–H and O–H groups in total. The first-order valence-electron chi connectivity index (χ1n) is 8.47. The first-order valence-corrected chi connectivity index (χ1v) is 8.47. The first kappa shape index (κ1) is 16.0. The molecule has 0 amide bonds. The van der Waals surface area contributed by atoms with Gasteiger partial charge in [-0.1, -0.05) is 48.0 Å². The molecule has 0 radical (unpaired) electrons. The molecule has 0 fully saturated rings. The highest BCUT2D eigenvalue weighted by Crippen LogP contribution is 2.46. The highest BCUT2D eigenvalue weighted by molar-refractivity contribution is 5.58. The van der Waals surface area contributed by atoms with Crippen molar-refractivity contribution < 1.29 is 9.84 Å². The van der Waals surface area contributed by atoms with Crippen molar-refractivity contribution in [1.29, 1.82) is 5.26 Å². The van der Waals surface area contributed by atoms with Crippen molar-refractivity contribution in [2.24, 2.45) is 0 Å². The van der Waals surface area contributed by atoms with Crippen molar-refractivity contribution >= 4 is 5.69 Å². The van der Waals surface area contributed by atoms with E-state index in [1.165, 1.54) is 0 Å². The van der Waals surface area contributed by atoms with Gasteiger partial charge in [-0.25, -0.2) is 0 Å². The molecule has 2 atom stereocenters. The molecule has 0 bridgehead atoms. The third kappa shape index (κ3) is 2.64. The average Bonchev–Trinajstić information content (AvgIpc) is 2.67. The number of anilines is 1. The molecule has 0 saturated carbocycles. The fourth-order valence-corrected chi connectivity index (χ4v) is 3.32. The van der Waals surface area contributed by atoms with Crippen LogP contribution in [0.3, 0.4) is 0 Å². The summed E-state index contributed by atoms with van der Waals surface area (Å²) in [5, 5.41) is 20.3. The molecule has 0 unspecified atom stereocenters. The molecule has 1 heterocycles. The van der Waals surface area contributed by atoms with Gasteiger partial charge in [0.25, 0.3) is 0 Å². The fourth-order valence-electron chi connectivity index (χ4n) is 3.32. The van der Waals surface area contributed by atoms with E-state index < -0.39 is 12.3 Å². The van der Waals surface area contributed by atoms with Crippen LogP contribution in [0.4, 0.5) is 5.69 Å². The van der Waals surface area contributed by atoms with E-state index in [4.69, 9.17) is 4.74 Å². The molecule has 3 aromatic rings. The second-order valence-electron chi connectivity index (χ2n) is 6.34. The van der Waals surface area contributed by atoms with Crippen molar-refractivity contribution in [3.05, 3.63) is 89.5 Å². The first-order chi connectivity index (χ1) is 12.7. The Kier molecular flexibility index (Phi) is 3.98. The van der Waals surface area contributed by atoms with Crippen LogP contribution < -0.4 is 9.64 Å². The van der Waals surface area contributed by atoms with E-state index in [0.717, 1.165) is 16.8 Å². The van der Waals surface area contributed by atoms with Crippen LogP contribution in [-0.4, -0.2) is 5.11 Å². The molecule has 1 aliphatic heterocycles. The summed E-state index contributed by atoms with van der Waals surface area (Å²) in [7, 11) is 0. The Balaban J connectivity index is 1.91. The molecule has 0 saturated heterocycles. The number of benzene rings is 3. The van der Waals surface area contributed by atoms with Crippen molar-refractivity contribution in [1.82, 2.24) is 0 Å². The third-order valence-electron chi connectivity index (χ3n) is 4.64. The monoisotopic (exact) mass is 342 g/mol. The van der Waals surface area contributed by atoms with Crippen molar-refractivity contribution in [2.75, 3.05) is 4.90 Å². The SMILES string of the molecule is Cc1ccc(N2[C@H](C#N)c3ccccc3O[C@@H]2c2ccccc2O)cc1. The zero-order valence-corrected chi connectivity index (χ0v) is 14.3. The van der Waals surface area contributed by atoms with Gasteiger partial charge in [0.1, 0.15) is 17.5 Å². The summed E-state index contributed by atoms with van der Waals surface area (Å²) in [5.74, 6) is 0.807. The summed E-state index contributed by atoms with van der Waals surface area (Å²) >= 11 is 0. The molecule has 4 nitrogen and oxygen atoms in total. The minimum absolute atomic E-state index is 0.144. The van der Waals surface area contributed by atoms with Crippen molar-refractivity contribution in [2.45, 2.75) is 19.2 Å². The van der Waals surface area contributed by atoms with Crippen LogP contribution in [0, 0.1) is 18.3 Å². The van der Waals surface area contributed by atoms with Gasteiger partial charge in [-0.15, -0.1) is 0 Å². The van der Waals surface area contributed by atoms with Gasteiger partial charge < -0.3 is 14.7 Å². The molecule has 3 aromatic carbocycles. The number of nitriles is 1. The highest BCUT2D eigenvalue weighted by atomic mass is 16.5. The van der Waals surface area contributed by atoms with Gasteiger partial charge in [-0.05, 0) is 37.3 Å². The summed E-state index contributed by atoms with van der Waals surface area (Å²) in [4.78, 5) is 1.91. The van der Waals surface area contributed by atoms with Crippen LogP contribution in [0.25, 0.3) is 0 Å². The minimum Gasteiger partial charge on any atom is -0.507 e. The Morgan fingerprint density at radius 2 is 1.58 bits per heavy atom. The maximum Gasteiger partial charge on any atom is 0.203 e. The Hall–Kier alpha value is -3.45. The van der Waals surface area contributed by atoms with Crippen LogP contribution in [0.2, 0.25) is 0 Å². The Morgan fingerprint density at radius 1 is 0.923 bits per heavy atom. The van der Waals surface area contributed by atoms with E-state index in [1.807, 2.05) is 72.5 Å². The van der Waals surface area contributed by atoms with Crippen molar-refractivity contribution in [3.63, 3.8) is 0 Å². The van der Waals surface area contributed by atoms with Gasteiger partial charge in [0.15, 0.2) is 0 Å². The number of fused-ring (bicyclic) bond motifs is 1. The maximum atomic E-state index is 10.4. The van der Waals surface area contributed by atoms with Crippen LogP contribution in [0.1, 0.15) is 29.0 Å². The van der Waals surface area contributed by atoms with Crippen LogP contribution in [0.15, 0.2) is 72.8 Å². The lowest BCUT2D eigenvalue weighted by Crippen LogP contribution is -2.39. The number of hydrogen-bond acceptors (Lipinski definition) is 4. The standard InChI is InChI=1S/C22H18N2O2/c1-15-10-12-16(13-11-15)24-19(14-23)17-6-3-5-9-21(17)26-22(24)18-7-2-4-8-20(18)25/h2-13,19,22,25H,1H3/t19-,22-/m1/s1. The number of phenols is 1. The van der Waals surface area contributed by atoms with Gasteiger partial charge in [0, 0.05) is 11.3 Å². The molecule has 0 aliphatic carbocycles. The Morgan fingerprint density at radius 3 is 2.27 bits per heavy atom. The zero-order valence-electron chi connectivity index (χ0n) is 14.3. The summed E-state index contributed by atoms with van der Waals surface area (Å²) in [6, 6.07) is 24.5. The lowest BCUT2D eigenvalue weighted by molar-refractivity contribution is 0.168. The van der Waals surface area contributed by atoms with Gasteiger partial charge in [-0.3, -0.25) is 0 Å². The number of phenolic OH excluding ortho intramolecular Hbond substituents is 1. The molecule has 4 rings (SSSR count). The second-order valence-corrected chi connectivity index (χ2v) is 6.34. The highest BCUT2D eigenvalue weighted by Gasteiger charge is 2.38. The third-order valence-corrected chi connectivity index (χ3v) is 4.64. The molecule has 4 heteroatoms. The number of nitrogens with zero attached hydrogens (tertiary/aromatic N) is 2. The molecular weight excluding hydrogens is 324 g/mol. The van der Waals surface area contributed by atoms with E-state index in [9.17, 15) is 10.4 Å². The normalized spacial score (nSPS) is 18.5. The summed E-state index contributed by atoms with van der Waals surface area (Å²) in [6.07, 6.45) is -0.599. The minimum atomic E-state index is -0.599. The van der Waals surface area contributed by atoms with Gasteiger partial charge in [-0.2, -0.15) is 5.26 Å². The number of aromatic hydroxyl groups is 1. The molecule has 26 heavy (non-hydrogen) atoms. The predicted molar refractivity (Wildman–Crippen MR) is 99.9 cm³/mol. The average molecular weight is 342 g/mol. The predicted octanol–water partition coefficient (Wildman–Crippen LogP) is 4.86. The molecule has 128 valence electrons. The van der Waals surface area contributed by atoms with E-state index in [1.54, 1.807) is 12.1 Å². The molecule has 1 aliphatic rings. The van der Waals surface area contributed by atoms with E-state index in [0.29, 0.717) is 11.3 Å². The molecule has 0 spiro atoms. The topological polar surface area (TPSA) is 56.5 Å². The number of para-hydroxylation sites is 2. The zero-order chi connectivity index (χ0) is 18.1. The van der Waals surface area contributed by atoms with E-state index >= 15 is 0 Å². The molecule has 0 aromatic heterocycles. The van der Waals surface area contributed by atoms with Gasteiger partial charge in [0.2, 0.25) is 6.23 Å². The van der Waals surface area contributed by atoms with Crippen LogP contribution in [0.5, 0.6) is 11.5 Å². The summed E-state index contributed by atoms with van der Waals surface area (Å²) < 4.78 is 6.24. The Bertz CT molecular complexity index is 976. The summed E-state index contributed by atoms with van der Waals surface area (Å²) in [5.41, 5.74) is 3.45. The van der Waals surface area contributed by atoms with Crippen LogP contribution >= 0.6 is 0 Å². The smallest absolute Gasteiger partial charge is 0.203 e. The fraction of sp³-hybridized carbons (Fsp3) is 0.136. The number of aryl methyl sites for hydroxylation is 1. The Labute approximate surface area is 152 Å². The van der Waals surface area contributed by atoms with E-state index in [-0.39, 0.29) is 5.75 Å². The quantitative estimate of drug-likeness (QED) is 0.722. The van der Waals surface area contributed by atoms with Crippen molar-refractivity contribution in [3.8, 4) is 17.6 Å². The largest absolute Gasteiger partial charge is 0.507 e.